The Labute approximate surface area is 180 Å². The third-order valence-corrected chi connectivity index (χ3v) is 5.56. The van der Waals surface area contributed by atoms with Crippen molar-refractivity contribution in [3.8, 4) is 11.1 Å². The van der Waals surface area contributed by atoms with E-state index in [1.165, 1.54) is 13.1 Å². The van der Waals surface area contributed by atoms with Crippen LogP contribution < -0.4 is 10.0 Å². The van der Waals surface area contributed by atoms with Crippen molar-refractivity contribution in [3.05, 3.63) is 65.1 Å². The van der Waals surface area contributed by atoms with E-state index in [2.05, 4.69) is 20.0 Å². The van der Waals surface area contributed by atoms with Crippen molar-refractivity contribution in [3.63, 3.8) is 0 Å². The number of hydrogen-bond acceptors (Lipinski definition) is 5. The Hall–Kier alpha value is -2.75. The van der Waals surface area contributed by atoms with Gasteiger partial charge in [0.1, 0.15) is 28.7 Å². The van der Waals surface area contributed by atoms with Gasteiger partial charge in [-0.05, 0) is 35.7 Å². The number of rotatable bonds is 6. The van der Waals surface area contributed by atoms with E-state index in [1.54, 1.807) is 18.3 Å². The van der Waals surface area contributed by atoms with E-state index in [9.17, 15) is 18.1 Å². The Morgan fingerprint density at radius 1 is 1.23 bits per heavy atom. The van der Waals surface area contributed by atoms with Gasteiger partial charge in [0.05, 0.1) is 0 Å². The summed E-state index contributed by atoms with van der Waals surface area (Å²) in [5.74, 6) is -1.60. The first-order valence-electron chi connectivity index (χ1n) is 8.85. The van der Waals surface area contributed by atoms with Crippen molar-refractivity contribution in [2.45, 2.75) is 25.2 Å². The molecule has 0 radical (unpaired) electrons. The number of aromatic nitrogens is 2. The molecule has 0 spiro atoms. The molecule has 30 heavy (non-hydrogen) atoms. The molecule has 1 amide bonds. The van der Waals surface area contributed by atoms with Gasteiger partial charge in [0.15, 0.2) is 11.0 Å². The molecule has 0 aliphatic carbocycles. The smallest absolute Gasteiger partial charge is 0.222 e. The van der Waals surface area contributed by atoms with Gasteiger partial charge < -0.3 is 9.87 Å². The largest absolute Gasteiger partial charge is 0.588 e. The molecule has 156 valence electrons. The van der Waals surface area contributed by atoms with E-state index in [4.69, 9.17) is 11.6 Å². The summed E-state index contributed by atoms with van der Waals surface area (Å²) in [4.78, 5) is 19.3. The molecule has 0 fully saturated rings. The summed E-state index contributed by atoms with van der Waals surface area (Å²) < 4.78 is 42.5. The molecule has 0 aliphatic rings. The average Bonchev–Trinajstić information content (AvgIpc) is 2.69. The number of benzene rings is 1. The molecule has 0 saturated heterocycles. The molecule has 3 aromatic rings. The first kappa shape index (κ1) is 21.9. The molecule has 1 atom stereocenters. The number of halogens is 3. The highest BCUT2D eigenvalue weighted by atomic mass is 35.5. The van der Waals surface area contributed by atoms with Crippen LogP contribution in [0.3, 0.4) is 0 Å². The van der Waals surface area contributed by atoms with E-state index >= 15 is 0 Å². The second kappa shape index (κ2) is 9.38. The van der Waals surface area contributed by atoms with Crippen molar-refractivity contribution in [2.75, 3.05) is 10.0 Å². The van der Waals surface area contributed by atoms with Gasteiger partial charge in [0.2, 0.25) is 10.8 Å². The van der Waals surface area contributed by atoms with Gasteiger partial charge in [-0.15, -0.1) is 0 Å². The maximum absolute atomic E-state index is 14.0. The number of hydrogen-bond donors (Lipinski definition) is 2. The first-order chi connectivity index (χ1) is 14.3. The van der Waals surface area contributed by atoms with Crippen LogP contribution in [0.25, 0.3) is 11.1 Å². The van der Waals surface area contributed by atoms with Crippen molar-refractivity contribution in [1.29, 1.82) is 0 Å². The predicted molar refractivity (Wildman–Crippen MR) is 113 cm³/mol. The summed E-state index contributed by atoms with van der Waals surface area (Å²) in [6.45, 7) is 3.25. The second-order valence-electron chi connectivity index (χ2n) is 6.23. The molecule has 2 aromatic heterocycles. The van der Waals surface area contributed by atoms with Crippen molar-refractivity contribution < 1.29 is 18.1 Å². The third-order valence-electron chi connectivity index (χ3n) is 4.16. The van der Waals surface area contributed by atoms with Gasteiger partial charge in [-0.25, -0.2) is 18.7 Å². The Morgan fingerprint density at radius 2 is 2.00 bits per heavy atom. The molecule has 0 saturated carbocycles. The monoisotopic (exact) mass is 450 g/mol. The number of anilines is 2. The van der Waals surface area contributed by atoms with Gasteiger partial charge >= 0.3 is 0 Å². The standard InChI is InChI=1S/C20H17ClF2N4O2S/c1-3-14-15(12-6-7-24-18(8-12)26-11(2)28)10-25-20(21)19(14)27-30(29)17-5-4-13(22)9-16(17)23/h4-10,27H,3H2,1-2H3,(H,24,26,28). The molecule has 1 aromatic carbocycles. The van der Waals surface area contributed by atoms with Crippen molar-refractivity contribution in [2.24, 2.45) is 0 Å². The zero-order valence-corrected chi connectivity index (χ0v) is 17.6. The Bertz CT molecular complexity index is 1100. The second-order valence-corrected chi connectivity index (χ2v) is 7.77. The molecular weight excluding hydrogens is 434 g/mol. The topological polar surface area (TPSA) is 90.0 Å². The minimum absolute atomic E-state index is 0.0580. The Balaban J connectivity index is 2.01. The number of nitrogens with one attached hydrogen (secondary N) is 2. The lowest BCUT2D eigenvalue weighted by atomic mass is 10.00. The maximum Gasteiger partial charge on any atom is 0.222 e. The van der Waals surface area contributed by atoms with Gasteiger partial charge in [-0.3, -0.25) is 4.79 Å². The molecule has 10 heteroatoms. The van der Waals surface area contributed by atoms with Gasteiger partial charge in [-0.1, -0.05) is 18.5 Å². The van der Waals surface area contributed by atoms with Crippen LogP contribution in [0.4, 0.5) is 20.3 Å². The third kappa shape index (κ3) is 4.86. The van der Waals surface area contributed by atoms with E-state index < -0.39 is 23.0 Å². The highest BCUT2D eigenvalue weighted by Gasteiger charge is 2.23. The van der Waals surface area contributed by atoms with E-state index in [0.717, 1.165) is 12.1 Å². The number of nitrogens with zero attached hydrogens (tertiary/aromatic N) is 2. The van der Waals surface area contributed by atoms with Crippen LogP contribution >= 0.6 is 11.6 Å². The highest BCUT2D eigenvalue weighted by molar-refractivity contribution is 7.92. The number of amides is 1. The van der Waals surface area contributed by atoms with Crippen LogP contribution in [0.2, 0.25) is 5.15 Å². The fraction of sp³-hybridized carbons (Fsp3) is 0.150. The van der Waals surface area contributed by atoms with E-state index in [0.29, 0.717) is 35.0 Å². The van der Waals surface area contributed by atoms with Crippen LogP contribution in [0, 0.1) is 11.6 Å². The molecule has 0 aliphatic heterocycles. The lowest BCUT2D eigenvalue weighted by Crippen LogP contribution is -2.17. The SMILES string of the molecule is CCc1c(-c2ccnc(NC(C)=O)c2)cnc(Cl)c1N[S+]([O-])c1ccc(F)cc1F. The Morgan fingerprint density at radius 3 is 2.67 bits per heavy atom. The van der Waals surface area contributed by atoms with Crippen LogP contribution in [-0.2, 0) is 22.6 Å². The summed E-state index contributed by atoms with van der Waals surface area (Å²) in [7, 11) is 0. The maximum atomic E-state index is 14.0. The first-order valence-corrected chi connectivity index (χ1v) is 10.4. The molecule has 2 N–H and O–H groups in total. The van der Waals surface area contributed by atoms with Crippen LogP contribution in [-0.4, -0.2) is 20.4 Å². The van der Waals surface area contributed by atoms with Crippen LogP contribution in [0.1, 0.15) is 19.4 Å². The highest BCUT2D eigenvalue weighted by Crippen LogP contribution is 2.35. The molecular formula is C20H17ClF2N4O2S. The molecule has 2 heterocycles. The summed E-state index contributed by atoms with van der Waals surface area (Å²) >= 11 is 4.19. The summed E-state index contributed by atoms with van der Waals surface area (Å²) in [6.07, 6.45) is 3.58. The minimum atomic E-state index is -2.04. The quantitative estimate of drug-likeness (QED) is 0.418. The summed E-state index contributed by atoms with van der Waals surface area (Å²) in [5.41, 5.74) is 2.34. The molecule has 3 rings (SSSR count). The van der Waals surface area contributed by atoms with Crippen molar-refractivity contribution in [1.82, 2.24) is 9.97 Å². The van der Waals surface area contributed by atoms with Gasteiger partial charge in [0, 0.05) is 37.0 Å². The molecule has 6 nitrogen and oxygen atoms in total. The summed E-state index contributed by atoms with van der Waals surface area (Å²) in [5, 5.41) is 2.67. The fourth-order valence-electron chi connectivity index (χ4n) is 2.86. The normalized spacial score (nSPS) is 11.8. The zero-order chi connectivity index (χ0) is 21.8. The van der Waals surface area contributed by atoms with E-state index in [-0.39, 0.29) is 21.6 Å². The molecule has 0 bridgehead atoms. The summed E-state index contributed by atoms with van der Waals surface area (Å²) in [6, 6.07) is 6.19. The van der Waals surface area contributed by atoms with E-state index in [1.807, 2.05) is 6.92 Å². The lowest BCUT2D eigenvalue weighted by molar-refractivity contribution is -0.114. The van der Waals surface area contributed by atoms with Crippen LogP contribution in [0.15, 0.2) is 47.6 Å². The average molecular weight is 451 g/mol. The van der Waals surface area contributed by atoms with Gasteiger partial charge in [0.25, 0.3) is 0 Å². The van der Waals surface area contributed by atoms with Crippen molar-refractivity contribution >= 4 is 40.4 Å². The lowest BCUT2D eigenvalue weighted by Gasteiger charge is -2.18. The Kier molecular flexibility index (Phi) is 6.86. The van der Waals surface area contributed by atoms with Crippen LogP contribution in [0.5, 0.6) is 0 Å². The molecule has 1 unspecified atom stereocenters. The number of carbonyl (C=O) groups is 1. The minimum Gasteiger partial charge on any atom is -0.588 e. The number of carbonyl (C=O) groups excluding carboxylic acids is 1. The number of pyridine rings is 2. The predicted octanol–water partition coefficient (Wildman–Crippen LogP) is 4.73. The van der Waals surface area contributed by atoms with Gasteiger partial charge in [-0.2, -0.15) is 4.72 Å². The fourth-order valence-corrected chi connectivity index (χ4v) is 4.07. The zero-order valence-electron chi connectivity index (χ0n) is 16.0.